The van der Waals surface area contributed by atoms with Gasteiger partial charge in [0.1, 0.15) is 0 Å². The van der Waals surface area contributed by atoms with Gasteiger partial charge in [0.15, 0.2) is 0 Å². The van der Waals surface area contributed by atoms with E-state index in [1.54, 1.807) is 0 Å². The molecule has 0 aliphatic rings. The summed E-state index contributed by atoms with van der Waals surface area (Å²) in [5, 5.41) is 0. The first-order valence-electron chi connectivity index (χ1n) is 6.18. The second kappa shape index (κ2) is 6.90. The quantitative estimate of drug-likeness (QED) is 0.821. The predicted octanol–water partition coefficient (Wildman–Crippen LogP) is 3.01. The summed E-state index contributed by atoms with van der Waals surface area (Å²) >= 11 is 3.40. The van der Waals surface area contributed by atoms with Gasteiger partial charge < -0.3 is 10.5 Å². The predicted molar refractivity (Wildman–Crippen MR) is 76.4 cm³/mol. The zero-order valence-electron chi connectivity index (χ0n) is 10.9. The monoisotopic (exact) mass is 313 g/mol. The van der Waals surface area contributed by atoms with Crippen molar-refractivity contribution in [3.8, 4) is 0 Å². The molecule has 2 N–H and O–H groups in total. The van der Waals surface area contributed by atoms with Gasteiger partial charge in [-0.3, -0.25) is 4.79 Å². The first-order valence-corrected chi connectivity index (χ1v) is 6.97. The second-order valence-electron chi connectivity index (χ2n) is 4.45. The van der Waals surface area contributed by atoms with Gasteiger partial charge in [-0.25, -0.2) is 0 Å². The third-order valence-corrected chi connectivity index (χ3v) is 3.62. The number of halogens is 1. The Kier molecular flexibility index (Phi) is 5.82. The number of hydrogen-bond acceptors (Lipinski definition) is 3. The first-order chi connectivity index (χ1) is 8.54. The lowest BCUT2D eigenvalue weighted by molar-refractivity contribution is -0.149. The summed E-state index contributed by atoms with van der Waals surface area (Å²) in [6.45, 7) is 4.71. The average molecular weight is 314 g/mol. The molecule has 0 heterocycles. The Balaban J connectivity index is 3.02. The van der Waals surface area contributed by atoms with E-state index in [0.717, 1.165) is 16.5 Å². The van der Waals surface area contributed by atoms with E-state index in [-0.39, 0.29) is 5.97 Å². The van der Waals surface area contributed by atoms with Crippen molar-refractivity contribution in [2.24, 2.45) is 5.73 Å². The molecule has 1 rings (SSSR count). The number of nitrogens with two attached hydrogens (primary N) is 1. The van der Waals surface area contributed by atoms with E-state index >= 15 is 0 Å². The van der Waals surface area contributed by atoms with Crippen LogP contribution in [0, 0.1) is 0 Å². The lowest BCUT2D eigenvalue weighted by atomic mass is 9.78. The molecular weight excluding hydrogens is 294 g/mol. The van der Waals surface area contributed by atoms with E-state index in [2.05, 4.69) is 15.9 Å². The molecule has 0 radical (unpaired) electrons. The van der Waals surface area contributed by atoms with Crippen LogP contribution in [0.4, 0.5) is 0 Å². The molecule has 0 aliphatic carbocycles. The van der Waals surface area contributed by atoms with Gasteiger partial charge in [0.25, 0.3) is 0 Å². The SMILES string of the molecule is CCOC(=O)C(C)(CCCN)c1ccc(Br)cc1. The molecule has 0 saturated carbocycles. The van der Waals surface area contributed by atoms with Crippen LogP contribution < -0.4 is 5.73 Å². The normalized spacial score (nSPS) is 14.0. The average Bonchev–Trinajstić information content (AvgIpc) is 2.37. The standard InChI is InChI=1S/C14H20BrNO2/c1-3-18-13(17)14(2,9-4-10-16)11-5-7-12(15)8-6-11/h5-8H,3-4,9-10,16H2,1-2H3. The maximum absolute atomic E-state index is 12.2. The Morgan fingerprint density at radius 2 is 2.00 bits per heavy atom. The molecule has 0 bridgehead atoms. The Labute approximate surface area is 117 Å². The molecule has 1 unspecified atom stereocenters. The third-order valence-electron chi connectivity index (χ3n) is 3.09. The smallest absolute Gasteiger partial charge is 0.316 e. The van der Waals surface area contributed by atoms with Gasteiger partial charge >= 0.3 is 5.97 Å². The molecule has 0 spiro atoms. The number of benzene rings is 1. The van der Waals surface area contributed by atoms with Crippen molar-refractivity contribution in [3.05, 3.63) is 34.3 Å². The van der Waals surface area contributed by atoms with Crippen LogP contribution in [0.15, 0.2) is 28.7 Å². The highest BCUT2D eigenvalue weighted by molar-refractivity contribution is 9.10. The molecule has 3 nitrogen and oxygen atoms in total. The summed E-state index contributed by atoms with van der Waals surface area (Å²) in [6.07, 6.45) is 1.50. The van der Waals surface area contributed by atoms with Crippen molar-refractivity contribution in [2.45, 2.75) is 32.1 Å². The Morgan fingerprint density at radius 1 is 1.39 bits per heavy atom. The highest BCUT2D eigenvalue weighted by Crippen LogP contribution is 2.31. The van der Waals surface area contributed by atoms with Crippen LogP contribution in [0.3, 0.4) is 0 Å². The lowest BCUT2D eigenvalue weighted by Crippen LogP contribution is -2.35. The third kappa shape index (κ3) is 3.56. The summed E-state index contributed by atoms with van der Waals surface area (Å²) in [4.78, 5) is 12.2. The molecule has 1 atom stereocenters. The summed E-state index contributed by atoms with van der Waals surface area (Å²) in [5.74, 6) is -0.180. The maximum Gasteiger partial charge on any atom is 0.316 e. The van der Waals surface area contributed by atoms with Crippen LogP contribution in [0.2, 0.25) is 0 Å². The molecular formula is C14H20BrNO2. The second-order valence-corrected chi connectivity index (χ2v) is 5.37. The van der Waals surface area contributed by atoms with E-state index in [1.807, 2.05) is 38.1 Å². The van der Waals surface area contributed by atoms with Gasteiger partial charge in [0.2, 0.25) is 0 Å². The van der Waals surface area contributed by atoms with Crippen LogP contribution in [0.25, 0.3) is 0 Å². The van der Waals surface area contributed by atoms with Crippen LogP contribution in [0.5, 0.6) is 0 Å². The fourth-order valence-electron chi connectivity index (χ4n) is 1.93. The molecule has 4 heteroatoms. The van der Waals surface area contributed by atoms with Gasteiger partial charge in [0.05, 0.1) is 12.0 Å². The zero-order chi connectivity index (χ0) is 13.6. The molecule has 0 fully saturated rings. The molecule has 0 aromatic heterocycles. The van der Waals surface area contributed by atoms with Crippen molar-refractivity contribution in [1.82, 2.24) is 0 Å². The topological polar surface area (TPSA) is 52.3 Å². The molecule has 1 aromatic rings. The number of carbonyl (C=O) groups is 1. The number of carbonyl (C=O) groups excluding carboxylic acids is 1. The van der Waals surface area contributed by atoms with Crippen LogP contribution in [0.1, 0.15) is 32.3 Å². The molecule has 100 valence electrons. The first kappa shape index (κ1) is 15.2. The van der Waals surface area contributed by atoms with E-state index < -0.39 is 5.41 Å². The van der Waals surface area contributed by atoms with Crippen LogP contribution >= 0.6 is 15.9 Å². The van der Waals surface area contributed by atoms with Crippen LogP contribution in [-0.4, -0.2) is 19.1 Å². The minimum atomic E-state index is -0.615. The summed E-state index contributed by atoms with van der Waals surface area (Å²) in [5.41, 5.74) is 5.91. The lowest BCUT2D eigenvalue weighted by Gasteiger charge is -2.27. The number of hydrogen-bond donors (Lipinski definition) is 1. The Bertz CT molecular complexity index is 391. The highest BCUT2D eigenvalue weighted by atomic mass is 79.9. The highest BCUT2D eigenvalue weighted by Gasteiger charge is 2.35. The summed E-state index contributed by atoms with van der Waals surface area (Å²) in [7, 11) is 0. The maximum atomic E-state index is 12.2. The van der Waals surface area contributed by atoms with Gasteiger partial charge in [-0.2, -0.15) is 0 Å². The molecule has 0 amide bonds. The fraction of sp³-hybridized carbons (Fsp3) is 0.500. The summed E-state index contributed by atoms with van der Waals surface area (Å²) in [6, 6.07) is 7.79. The molecule has 1 aromatic carbocycles. The van der Waals surface area contributed by atoms with E-state index in [9.17, 15) is 4.79 Å². The van der Waals surface area contributed by atoms with Crippen molar-refractivity contribution in [2.75, 3.05) is 13.2 Å². The largest absolute Gasteiger partial charge is 0.465 e. The van der Waals surface area contributed by atoms with Crippen LogP contribution in [-0.2, 0) is 14.9 Å². The number of esters is 1. The van der Waals surface area contributed by atoms with E-state index in [0.29, 0.717) is 19.6 Å². The van der Waals surface area contributed by atoms with Gasteiger partial charge in [-0.05, 0) is 50.9 Å². The van der Waals surface area contributed by atoms with E-state index in [4.69, 9.17) is 10.5 Å². The minimum absolute atomic E-state index is 0.180. The van der Waals surface area contributed by atoms with Gasteiger partial charge in [-0.1, -0.05) is 28.1 Å². The van der Waals surface area contributed by atoms with Crippen molar-refractivity contribution in [3.63, 3.8) is 0 Å². The van der Waals surface area contributed by atoms with Crippen molar-refractivity contribution >= 4 is 21.9 Å². The summed E-state index contributed by atoms with van der Waals surface area (Å²) < 4.78 is 6.19. The van der Waals surface area contributed by atoms with Gasteiger partial charge in [0, 0.05) is 4.47 Å². The molecule has 0 aliphatic heterocycles. The number of ether oxygens (including phenoxy) is 1. The molecule has 18 heavy (non-hydrogen) atoms. The Morgan fingerprint density at radius 3 is 2.50 bits per heavy atom. The van der Waals surface area contributed by atoms with Crippen molar-refractivity contribution in [1.29, 1.82) is 0 Å². The minimum Gasteiger partial charge on any atom is -0.465 e. The molecule has 0 saturated heterocycles. The fourth-order valence-corrected chi connectivity index (χ4v) is 2.19. The van der Waals surface area contributed by atoms with E-state index in [1.165, 1.54) is 0 Å². The Hall–Kier alpha value is -0.870. The zero-order valence-corrected chi connectivity index (χ0v) is 12.5. The van der Waals surface area contributed by atoms with Gasteiger partial charge in [-0.15, -0.1) is 0 Å². The number of rotatable bonds is 6. The van der Waals surface area contributed by atoms with Crippen molar-refractivity contribution < 1.29 is 9.53 Å².